The van der Waals surface area contributed by atoms with Gasteiger partial charge in [-0.3, -0.25) is 30.0 Å². The first kappa shape index (κ1) is 70.1. The average Bonchev–Trinajstić information content (AvgIpc) is 3.38. The number of carbonyl (C=O) groups is 2. The first-order valence-corrected chi connectivity index (χ1v) is 40.6. The molecule has 3 aliphatic rings. The summed E-state index contributed by atoms with van der Waals surface area (Å²) in [5.41, 5.74) is 2.83. The molecule has 0 saturated carbocycles. The van der Waals surface area contributed by atoms with Gasteiger partial charge in [-0.1, -0.05) is 12.1 Å². The summed E-state index contributed by atoms with van der Waals surface area (Å²) in [6.07, 6.45) is 6.53. The van der Waals surface area contributed by atoms with Gasteiger partial charge in [0.05, 0.1) is 51.2 Å². The van der Waals surface area contributed by atoms with E-state index >= 15 is 0 Å². The largest absolute Gasteiger partial charge is 0 e. The number of nitro groups is 2. The zero-order valence-corrected chi connectivity index (χ0v) is 60.7. The molecule has 2 amide bonds. The van der Waals surface area contributed by atoms with Crippen LogP contribution in [0.1, 0.15) is 130 Å². The standard InChI is InChI=1S/C25H28N4O5.C19H22BNO5.C12H18BrN3O2.3HI.In.V/c1-25(2,3)34-24(30)28-14-4-5-22(28)23-26-15-21(27-23)18-8-12-20(13-9-18)33-16-17-6-10-19(11-7-17)29(31)32;1-18(2)19(3,4)26-20(25-18)15-7-11-17(12-8-15)24-13-14-5-9-16(10-6-14)21(22)23;1-12(2,3)18-11(17)16-6-4-5-8(16)10-14-7-9(13)15-10;;;;;/h6-13,15,22H,4-5,14,16H2,1-3H3,(H,26,27);5-12H,13H2,1-4H3;7-8H,4-6H2,1-3H3,(H,14,15);3*1H;;/q;;;;;;;+3/p-3/t22-;;8-;;;;;/m0.0...../s1. The predicted molar refractivity (Wildman–Crippen MR) is 345 cm³/mol. The molecule has 83 heavy (non-hydrogen) atoms. The van der Waals surface area contributed by atoms with Crippen LogP contribution in [0.5, 0.6) is 11.5 Å². The fraction of sp³-hybridized carbons (Fsp3) is 0.429. The van der Waals surface area contributed by atoms with Crippen molar-refractivity contribution in [2.75, 3.05) is 13.1 Å². The van der Waals surface area contributed by atoms with Crippen molar-refractivity contribution >= 4 is 138 Å². The molecule has 0 unspecified atom stereocenters. The quantitative estimate of drug-likeness (QED) is 0.0501. The summed E-state index contributed by atoms with van der Waals surface area (Å²) >= 11 is 10.7. The van der Waals surface area contributed by atoms with Crippen LogP contribution in [0.15, 0.2) is 114 Å². The summed E-state index contributed by atoms with van der Waals surface area (Å²) in [6.45, 7) is 21.3. The number of nitrogens with zero attached hydrogens (tertiary/aromatic N) is 6. The summed E-state index contributed by atoms with van der Waals surface area (Å²) in [6, 6.07) is 27.7. The molecule has 2 aromatic heterocycles. The Morgan fingerprint density at radius 1 is 0.675 bits per heavy atom. The van der Waals surface area contributed by atoms with Crippen LogP contribution in [0.3, 0.4) is 0 Å². The van der Waals surface area contributed by atoms with E-state index in [2.05, 4.69) is 95.8 Å². The van der Waals surface area contributed by atoms with Gasteiger partial charge in [-0.25, -0.2) is 19.6 Å². The molecule has 6 aromatic rings. The van der Waals surface area contributed by atoms with Crippen LogP contribution in [0, 0.1) is 20.2 Å². The Hall–Kier alpha value is -3.65. The number of hydrogen-bond donors (Lipinski definition) is 2. The Labute approximate surface area is 549 Å². The van der Waals surface area contributed by atoms with Crippen LogP contribution in [0.25, 0.3) is 11.3 Å². The monoisotopic (exact) mass is 1680 g/mol. The van der Waals surface area contributed by atoms with E-state index in [1.165, 1.54) is 24.3 Å². The van der Waals surface area contributed by atoms with Crippen molar-refractivity contribution in [1.82, 2.24) is 29.7 Å². The number of carbonyl (C=O) groups excluding carboxylic acids is 2. The average molecular weight is 1680 g/mol. The van der Waals surface area contributed by atoms with Gasteiger partial charge in [-0.2, -0.15) is 0 Å². The Balaban J connectivity index is 0.000000229. The normalized spacial score (nSPS) is 16.9. The number of benzene rings is 4. The van der Waals surface area contributed by atoms with Crippen molar-refractivity contribution in [3.05, 3.63) is 157 Å². The van der Waals surface area contributed by atoms with Crippen LogP contribution >= 0.6 is 75.9 Å². The van der Waals surface area contributed by atoms with Crippen molar-refractivity contribution in [2.45, 2.75) is 143 Å². The molecule has 5 heterocycles. The number of nitro benzene ring substituents is 2. The summed E-state index contributed by atoms with van der Waals surface area (Å²) in [4.78, 5) is 63.8. The number of likely N-dealkylation sites (tertiary alicyclic amines) is 2. The number of nitrogens with one attached hydrogen (secondary N) is 2. The zero-order valence-electron chi connectivity index (χ0n) is 47.9. The smallest absolute Gasteiger partial charge is 0 e. The van der Waals surface area contributed by atoms with Crippen molar-refractivity contribution in [2.24, 2.45) is 0 Å². The fourth-order valence-corrected chi connectivity index (χ4v) is 8.81. The molecule has 20 nitrogen and oxygen atoms in total. The van der Waals surface area contributed by atoms with Gasteiger partial charge in [0.1, 0.15) is 52.2 Å². The maximum Gasteiger partial charge on any atom is 0 e. The first-order chi connectivity index (χ1) is 38.5. The molecule has 3 fully saturated rings. The van der Waals surface area contributed by atoms with Crippen LogP contribution in [-0.2, 0) is 36.9 Å². The number of non-ortho nitro benzene ring substituents is 2. The van der Waals surface area contributed by atoms with E-state index in [0.29, 0.717) is 31.3 Å². The Kier molecular flexibility index (Phi) is 26.5. The third-order valence-corrected chi connectivity index (χ3v) is 13.6. The Bertz CT molecular complexity index is 3060. The minimum Gasteiger partial charge on any atom is 0 e. The van der Waals surface area contributed by atoms with E-state index in [0.717, 1.165) is 76.3 Å². The maximum absolute atomic E-state index is 12.6. The number of amides is 2. The zero-order chi connectivity index (χ0) is 60.2. The van der Waals surface area contributed by atoms with Crippen LogP contribution in [0.4, 0.5) is 21.0 Å². The number of ether oxygens (including phenoxy) is 4. The molecular weight excluding hydrogens is 1610 g/mol. The number of aromatic nitrogens is 4. The van der Waals surface area contributed by atoms with Crippen LogP contribution in [0.2, 0.25) is 0 Å². The molecule has 3 radical (unpaired) electrons. The van der Waals surface area contributed by atoms with Crippen LogP contribution in [-0.4, -0.2) is 120 Å². The molecule has 9 rings (SSSR count). The Morgan fingerprint density at radius 2 is 1.06 bits per heavy atom. The van der Waals surface area contributed by atoms with Gasteiger partial charge in [0.25, 0.3) is 11.4 Å². The molecule has 27 heteroatoms. The van der Waals surface area contributed by atoms with Gasteiger partial charge in [0, 0.05) is 63.2 Å². The second-order valence-electron chi connectivity index (χ2n) is 22.3. The van der Waals surface area contributed by atoms with E-state index in [9.17, 15) is 29.8 Å². The third kappa shape index (κ3) is 21.6. The van der Waals surface area contributed by atoms with E-state index < -0.39 is 28.2 Å². The van der Waals surface area contributed by atoms with Gasteiger partial charge < -0.3 is 38.2 Å². The molecular formula is C56H68BBrI3InN8O12V. The summed E-state index contributed by atoms with van der Waals surface area (Å²) < 4.78 is 35.4. The SMILES string of the molecule is CC(C)(C)OC(=O)N1CCC[C@H]1c1ncc(-c2ccc(OCc3ccc([N+](=O)[O-])cc3)cc2)[nH]1.CC(C)(C)OC(=O)N1CCC[C@H]1c1ncc(Br)[nH]1.CC1(C)OB(c2ccc(OCc3ccc([N+](=O)[O-])cc3)cc2)OC1(C)C.[I][V]([I])[I].[In]. The molecule has 0 bridgehead atoms. The molecule has 0 aliphatic carbocycles. The molecule has 2 N–H and O–H groups in total. The van der Waals surface area contributed by atoms with Crippen molar-refractivity contribution in [3.8, 4) is 22.8 Å². The number of aromatic amines is 2. The molecule has 443 valence electrons. The van der Waals surface area contributed by atoms with Gasteiger partial charge in [-0.15, -0.1) is 0 Å². The van der Waals surface area contributed by atoms with E-state index in [4.69, 9.17) is 28.3 Å². The van der Waals surface area contributed by atoms with Gasteiger partial charge in [0.2, 0.25) is 0 Å². The second kappa shape index (κ2) is 31.3. The predicted octanol–water partition coefficient (Wildman–Crippen LogP) is 14.6. The summed E-state index contributed by atoms with van der Waals surface area (Å²) in [5.74, 6) is 2.96. The molecule has 4 aromatic carbocycles. The molecule has 3 aliphatic heterocycles. The van der Waals surface area contributed by atoms with Gasteiger partial charge >= 0.3 is 84.2 Å². The van der Waals surface area contributed by atoms with Gasteiger partial charge in [0.15, 0.2) is 0 Å². The van der Waals surface area contributed by atoms with Crippen molar-refractivity contribution < 1.29 is 52.6 Å². The van der Waals surface area contributed by atoms with Crippen molar-refractivity contribution in [3.63, 3.8) is 0 Å². The molecule has 0 spiro atoms. The molecule has 2 atom stereocenters. The van der Waals surface area contributed by atoms with Crippen molar-refractivity contribution in [1.29, 1.82) is 0 Å². The molecule has 3 saturated heterocycles. The van der Waals surface area contributed by atoms with E-state index in [-0.39, 0.29) is 77.6 Å². The summed E-state index contributed by atoms with van der Waals surface area (Å²) in [5, 5.41) is 21.4. The minimum atomic E-state index is -0.541. The number of rotatable bonds is 12. The fourth-order valence-electron chi connectivity index (χ4n) is 8.51. The minimum absolute atomic E-state index is 0. The second-order valence-corrected chi connectivity index (χ2v) is 58.5. The van der Waals surface area contributed by atoms with E-state index in [1.807, 2.05) is 118 Å². The number of hydrogen-bond acceptors (Lipinski definition) is 14. The topological polar surface area (TPSA) is 240 Å². The first-order valence-electron chi connectivity index (χ1n) is 26.3. The number of halogens is 4. The van der Waals surface area contributed by atoms with Crippen LogP contribution < -0.4 is 14.9 Å². The number of imidazole rings is 2. The Morgan fingerprint density at radius 3 is 1.43 bits per heavy atom. The third-order valence-electron chi connectivity index (χ3n) is 13.2. The maximum atomic E-state index is 12.6. The summed E-state index contributed by atoms with van der Waals surface area (Å²) in [7, 11) is -0.399. The van der Waals surface area contributed by atoms with Gasteiger partial charge in [-0.05, 0) is 194 Å². The number of H-pyrrole nitrogens is 2. The van der Waals surface area contributed by atoms with E-state index in [1.54, 1.807) is 46.5 Å².